The predicted molar refractivity (Wildman–Crippen MR) is 80.1 cm³/mol. The Balaban J connectivity index is 2.38. The van der Waals surface area contributed by atoms with Gasteiger partial charge in [-0.05, 0) is 38.0 Å². The van der Waals surface area contributed by atoms with Crippen LogP contribution in [-0.2, 0) is 11.3 Å². The van der Waals surface area contributed by atoms with Gasteiger partial charge in [-0.3, -0.25) is 4.79 Å². The number of amides is 1. The Morgan fingerprint density at radius 1 is 1.26 bits per heavy atom. The first-order valence-electron chi connectivity index (χ1n) is 6.60. The van der Waals surface area contributed by atoms with Crippen molar-refractivity contribution in [3.05, 3.63) is 29.8 Å². The van der Waals surface area contributed by atoms with Gasteiger partial charge in [0.15, 0.2) is 0 Å². The molecule has 0 saturated heterocycles. The van der Waals surface area contributed by atoms with Gasteiger partial charge < -0.3 is 16.0 Å². The lowest BCUT2D eigenvalue weighted by Gasteiger charge is -2.17. The fourth-order valence-corrected chi connectivity index (χ4v) is 1.64. The summed E-state index contributed by atoms with van der Waals surface area (Å²) in [5.74, 6) is 0.0511. The first-order valence-corrected chi connectivity index (χ1v) is 6.60. The average Bonchev–Trinajstić information content (AvgIpc) is 2.33. The van der Waals surface area contributed by atoms with Gasteiger partial charge in [-0.25, -0.2) is 0 Å². The molecule has 0 aliphatic rings. The summed E-state index contributed by atoms with van der Waals surface area (Å²) in [4.78, 5) is 13.7. The second-order valence-electron chi connectivity index (χ2n) is 5.83. The Kier molecular flexibility index (Phi) is 5.36. The van der Waals surface area contributed by atoms with Crippen LogP contribution in [0.5, 0.6) is 0 Å². The molecule has 4 heteroatoms. The molecule has 4 nitrogen and oxygen atoms in total. The molecule has 3 N–H and O–H groups in total. The highest BCUT2D eigenvalue weighted by Gasteiger charge is 2.12. The van der Waals surface area contributed by atoms with Crippen molar-refractivity contribution in [3.63, 3.8) is 0 Å². The maximum atomic E-state index is 11.7. The van der Waals surface area contributed by atoms with Crippen molar-refractivity contribution in [1.82, 2.24) is 5.32 Å². The van der Waals surface area contributed by atoms with Crippen LogP contribution in [0, 0.1) is 0 Å². The summed E-state index contributed by atoms with van der Waals surface area (Å²) in [6.45, 7) is 4.43. The standard InChI is InChI=1S/C15H25N3O/c1-15(2,16)10-9-14(19)17-11-12-5-7-13(8-6-12)18(3)4/h5-8H,9-11,16H2,1-4H3,(H,17,19). The van der Waals surface area contributed by atoms with Crippen molar-refractivity contribution in [2.24, 2.45) is 5.73 Å². The molecular formula is C15H25N3O. The largest absolute Gasteiger partial charge is 0.378 e. The third-order valence-corrected chi connectivity index (χ3v) is 2.94. The van der Waals surface area contributed by atoms with Crippen LogP contribution in [0.2, 0.25) is 0 Å². The Morgan fingerprint density at radius 2 is 1.84 bits per heavy atom. The van der Waals surface area contributed by atoms with Crippen LogP contribution in [0.3, 0.4) is 0 Å². The number of hydrogen-bond acceptors (Lipinski definition) is 3. The van der Waals surface area contributed by atoms with E-state index in [1.54, 1.807) is 0 Å². The van der Waals surface area contributed by atoms with E-state index >= 15 is 0 Å². The number of anilines is 1. The third-order valence-electron chi connectivity index (χ3n) is 2.94. The van der Waals surface area contributed by atoms with E-state index in [2.05, 4.69) is 5.32 Å². The van der Waals surface area contributed by atoms with Crippen molar-refractivity contribution in [3.8, 4) is 0 Å². The van der Waals surface area contributed by atoms with Gasteiger partial charge in [0.2, 0.25) is 5.91 Å². The zero-order valence-corrected chi connectivity index (χ0v) is 12.4. The second kappa shape index (κ2) is 6.57. The summed E-state index contributed by atoms with van der Waals surface area (Å²) in [6, 6.07) is 8.15. The number of benzene rings is 1. The number of carbonyl (C=O) groups is 1. The predicted octanol–water partition coefficient (Wildman–Crippen LogP) is 1.89. The van der Waals surface area contributed by atoms with Crippen molar-refractivity contribution in [2.45, 2.75) is 38.8 Å². The minimum absolute atomic E-state index is 0.0511. The van der Waals surface area contributed by atoms with Gasteiger partial charge in [0, 0.05) is 38.3 Å². The number of nitrogens with two attached hydrogens (primary N) is 1. The molecular weight excluding hydrogens is 238 g/mol. The fraction of sp³-hybridized carbons (Fsp3) is 0.533. The van der Waals surface area contributed by atoms with E-state index in [1.807, 2.05) is 57.1 Å². The molecule has 0 spiro atoms. The molecule has 0 heterocycles. The minimum atomic E-state index is -0.287. The lowest BCUT2D eigenvalue weighted by molar-refractivity contribution is -0.121. The molecule has 0 radical (unpaired) electrons. The van der Waals surface area contributed by atoms with E-state index in [-0.39, 0.29) is 11.4 Å². The van der Waals surface area contributed by atoms with Gasteiger partial charge in [0.1, 0.15) is 0 Å². The Labute approximate surface area is 116 Å². The van der Waals surface area contributed by atoms with Crippen LogP contribution < -0.4 is 16.0 Å². The van der Waals surface area contributed by atoms with Gasteiger partial charge in [0.05, 0.1) is 0 Å². The highest BCUT2D eigenvalue weighted by molar-refractivity contribution is 5.75. The molecule has 1 aromatic rings. The van der Waals surface area contributed by atoms with Crippen LogP contribution in [0.1, 0.15) is 32.3 Å². The van der Waals surface area contributed by atoms with Crippen LogP contribution in [-0.4, -0.2) is 25.5 Å². The molecule has 0 aromatic heterocycles. The number of rotatable bonds is 6. The first kappa shape index (κ1) is 15.5. The highest BCUT2D eigenvalue weighted by Crippen LogP contribution is 2.12. The minimum Gasteiger partial charge on any atom is -0.378 e. The molecule has 0 atom stereocenters. The fourth-order valence-electron chi connectivity index (χ4n) is 1.64. The van der Waals surface area contributed by atoms with Crippen molar-refractivity contribution < 1.29 is 4.79 Å². The first-order chi connectivity index (χ1) is 8.78. The van der Waals surface area contributed by atoms with Crippen LogP contribution in [0.15, 0.2) is 24.3 Å². The smallest absolute Gasteiger partial charge is 0.220 e. The summed E-state index contributed by atoms with van der Waals surface area (Å²) in [5.41, 5.74) is 7.82. The molecule has 1 amide bonds. The number of hydrogen-bond donors (Lipinski definition) is 2. The summed E-state index contributed by atoms with van der Waals surface area (Å²) < 4.78 is 0. The molecule has 0 aliphatic heterocycles. The SMILES string of the molecule is CN(C)c1ccc(CNC(=O)CCC(C)(C)N)cc1. The second-order valence-corrected chi connectivity index (χ2v) is 5.83. The van der Waals surface area contributed by atoms with E-state index in [4.69, 9.17) is 5.73 Å². The Morgan fingerprint density at radius 3 is 2.32 bits per heavy atom. The summed E-state index contributed by atoms with van der Waals surface area (Å²) in [6.07, 6.45) is 1.16. The monoisotopic (exact) mass is 263 g/mol. The topological polar surface area (TPSA) is 58.4 Å². The molecule has 0 fully saturated rings. The molecule has 0 unspecified atom stereocenters. The zero-order valence-electron chi connectivity index (χ0n) is 12.4. The van der Waals surface area contributed by atoms with Gasteiger partial charge in [-0.2, -0.15) is 0 Å². The molecule has 0 saturated carbocycles. The molecule has 1 rings (SSSR count). The summed E-state index contributed by atoms with van der Waals surface area (Å²) in [7, 11) is 4.01. The molecule has 106 valence electrons. The summed E-state index contributed by atoms with van der Waals surface area (Å²) >= 11 is 0. The molecule has 1 aromatic carbocycles. The normalized spacial score (nSPS) is 11.2. The van der Waals surface area contributed by atoms with E-state index in [0.29, 0.717) is 19.4 Å². The third kappa shape index (κ3) is 6.25. The average molecular weight is 263 g/mol. The van der Waals surface area contributed by atoms with Crippen molar-refractivity contribution in [2.75, 3.05) is 19.0 Å². The number of carbonyl (C=O) groups excluding carboxylic acids is 1. The molecule has 19 heavy (non-hydrogen) atoms. The number of nitrogens with one attached hydrogen (secondary N) is 1. The maximum absolute atomic E-state index is 11.7. The lowest BCUT2D eigenvalue weighted by atomic mass is 10.00. The maximum Gasteiger partial charge on any atom is 0.220 e. The van der Waals surface area contributed by atoms with E-state index in [1.165, 1.54) is 0 Å². The number of nitrogens with zero attached hydrogens (tertiary/aromatic N) is 1. The molecule has 0 bridgehead atoms. The highest BCUT2D eigenvalue weighted by atomic mass is 16.1. The van der Waals surface area contributed by atoms with Gasteiger partial charge in [-0.15, -0.1) is 0 Å². The van der Waals surface area contributed by atoms with Crippen LogP contribution in [0.25, 0.3) is 0 Å². The van der Waals surface area contributed by atoms with Gasteiger partial charge >= 0.3 is 0 Å². The van der Waals surface area contributed by atoms with E-state index in [0.717, 1.165) is 11.3 Å². The molecule has 0 aliphatic carbocycles. The quantitative estimate of drug-likeness (QED) is 0.824. The Bertz CT molecular complexity index is 404. The van der Waals surface area contributed by atoms with Crippen molar-refractivity contribution in [1.29, 1.82) is 0 Å². The van der Waals surface area contributed by atoms with Crippen molar-refractivity contribution >= 4 is 11.6 Å². The van der Waals surface area contributed by atoms with E-state index < -0.39 is 0 Å². The zero-order chi connectivity index (χ0) is 14.5. The van der Waals surface area contributed by atoms with Crippen LogP contribution in [0.4, 0.5) is 5.69 Å². The van der Waals surface area contributed by atoms with E-state index in [9.17, 15) is 4.79 Å². The van der Waals surface area contributed by atoms with Gasteiger partial charge in [-0.1, -0.05) is 12.1 Å². The van der Waals surface area contributed by atoms with Gasteiger partial charge in [0.25, 0.3) is 0 Å². The van der Waals surface area contributed by atoms with Crippen LogP contribution >= 0.6 is 0 Å². The summed E-state index contributed by atoms with van der Waals surface area (Å²) in [5, 5.41) is 2.91. The lowest BCUT2D eigenvalue weighted by Crippen LogP contribution is -2.34. The Hall–Kier alpha value is -1.55.